The number of allylic oxidation sites excluding steroid dienone is 5. The SMILES string of the molecule is C=C/C(=C\C(=C/C)c1ccc2[nH]nc(-c3nc4c(-c5ccc(C)s5)cncc4[nH]3)c2c1)NC(=C)CCCC. The van der Waals surface area contributed by atoms with Crippen LogP contribution in [-0.4, -0.2) is 25.1 Å². The maximum Gasteiger partial charge on any atom is 0.159 e. The van der Waals surface area contributed by atoms with Gasteiger partial charge in [-0.2, -0.15) is 5.10 Å². The molecule has 0 aliphatic rings. The maximum atomic E-state index is 4.97. The summed E-state index contributed by atoms with van der Waals surface area (Å²) >= 11 is 1.74. The molecule has 0 bridgehead atoms. The highest BCUT2D eigenvalue weighted by Gasteiger charge is 2.17. The van der Waals surface area contributed by atoms with Crippen LogP contribution >= 0.6 is 11.3 Å². The number of H-pyrrole nitrogens is 2. The minimum atomic E-state index is 0.712. The molecule has 0 radical (unpaired) electrons. The molecule has 4 aromatic heterocycles. The first-order valence-electron chi connectivity index (χ1n) is 12.8. The summed E-state index contributed by atoms with van der Waals surface area (Å²) in [6.07, 6.45) is 12.9. The van der Waals surface area contributed by atoms with Crippen LogP contribution in [0.25, 0.3) is 49.5 Å². The number of aryl methyl sites for hydroxylation is 1. The molecular formula is C31H32N6S. The lowest BCUT2D eigenvalue weighted by Crippen LogP contribution is -2.10. The van der Waals surface area contributed by atoms with Gasteiger partial charge in [0.2, 0.25) is 0 Å². The molecule has 6 nitrogen and oxygen atoms in total. The lowest BCUT2D eigenvalue weighted by atomic mass is 10.0. The summed E-state index contributed by atoms with van der Waals surface area (Å²) in [5.74, 6) is 0.712. The van der Waals surface area contributed by atoms with Crippen molar-refractivity contribution in [1.29, 1.82) is 0 Å². The van der Waals surface area contributed by atoms with E-state index in [2.05, 4.69) is 95.0 Å². The van der Waals surface area contributed by atoms with Gasteiger partial charge in [0.05, 0.1) is 17.2 Å². The predicted molar refractivity (Wildman–Crippen MR) is 161 cm³/mol. The zero-order valence-electron chi connectivity index (χ0n) is 22.1. The fourth-order valence-corrected chi connectivity index (χ4v) is 5.36. The van der Waals surface area contributed by atoms with Crippen LogP contribution in [0.2, 0.25) is 0 Å². The number of pyridine rings is 1. The van der Waals surface area contributed by atoms with Crippen LogP contribution in [-0.2, 0) is 0 Å². The van der Waals surface area contributed by atoms with Gasteiger partial charge in [0.15, 0.2) is 5.82 Å². The second-order valence-electron chi connectivity index (χ2n) is 9.29. The molecule has 1 aromatic carbocycles. The number of aromatic nitrogens is 5. The van der Waals surface area contributed by atoms with E-state index in [9.17, 15) is 0 Å². The number of thiophene rings is 1. The van der Waals surface area contributed by atoms with Crippen LogP contribution in [0, 0.1) is 6.92 Å². The summed E-state index contributed by atoms with van der Waals surface area (Å²) in [7, 11) is 0. The van der Waals surface area contributed by atoms with Gasteiger partial charge >= 0.3 is 0 Å². The fraction of sp³-hybridized carbons (Fsp3) is 0.194. The third kappa shape index (κ3) is 5.10. The van der Waals surface area contributed by atoms with Gasteiger partial charge in [0.1, 0.15) is 11.2 Å². The van der Waals surface area contributed by atoms with Gasteiger partial charge in [-0.05, 0) is 74.2 Å². The van der Waals surface area contributed by atoms with Crippen molar-refractivity contribution < 1.29 is 0 Å². The van der Waals surface area contributed by atoms with E-state index in [4.69, 9.17) is 4.98 Å². The Kier molecular flexibility index (Phi) is 7.38. The lowest BCUT2D eigenvalue weighted by molar-refractivity contribution is 0.751. The summed E-state index contributed by atoms with van der Waals surface area (Å²) in [6, 6.07) is 10.6. The average molecular weight is 521 g/mol. The normalized spacial score (nSPS) is 12.4. The van der Waals surface area contributed by atoms with Crippen molar-refractivity contribution >= 4 is 38.8 Å². The van der Waals surface area contributed by atoms with Crippen LogP contribution in [0.3, 0.4) is 0 Å². The van der Waals surface area contributed by atoms with Gasteiger partial charge in [0, 0.05) is 38.3 Å². The number of rotatable bonds is 10. The lowest BCUT2D eigenvalue weighted by Gasteiger charge is -2.11. The molecule has 0 saturated carbocycles. The average Bonchev–Trinajstić information content (AvgIpc) is 3.66. The van der Waals surface area contributed by atoms with E-state index in [-0.39, 0.29) is 0 Å². The summed E-state index contributed by atoms with van der Waals surface area (Å²) in [5.41, 5.74) is 8.61. The number of fused-ring (bicyclic) bond motifs is 2. The first-order chi connectivity index (χ1) is 18.5. The molecule has 4 heterocycles. The van der Waals surface area contributed by atoms with Crippen LogP contribution in [0.5, 0.6) is 0 Å². The first-order valence-corrected chi connectivity index (χ1v) is 13.7. The molecule has 0 fully saturated rings. The number of imidazole rings is 1. The number of benzene rings is 1. The first kappa shape index (κ1) is 25.4. The zero-order valence-corrected chi connectivity index (χ0v) is 22.9. The molecule has 192 valence electrons. The number of hydrogen-bond acceptors (Lipinski definition) is 5. The van der Waals surface area contributed by atoms with E-state index in [1.807, 2.05) is 25.4 Å². The van der Waals surface area contributed by atoms with Crippen molar-refractivity contribution in [3.8, 4) is 22.0 Å². The maximum absolute atomic E-state index is 4.97. The van der Waals surface area contributed by atoms with Gasteiger partial charge in [-0.25, -0.2) is 4.98 Å². The molecule has 0 atom stereocenters. The van der Waals surface area contributed by atoms with E-state index in [1.54, 1.807) is 11.3 Å². The highest BCUT2D eigenvalue weighted by atomic mass is 32.1. The van der Waals surface area contributed by atoms with Crippen molar-refractivity contribution in [2.75, 3.05) is 0 Å². The number of unbranched alkanes of at least 4 members (excludes halogenated alkanes) is 1. The molecule has 0 unspecified atom stereocenters. The number of aromatic amines is 2. The zero-order chi connectivity index (χ0) is 26.6. The highest BCUT2D eigenvalue weighted by molar-refractivity contribution is 7.15. The number of nitrogens with zero attached hydrogens (tertiary/aromatic N) is 3. The molecule has 0 amide bonds. The molecule has 0 spiro atoms. The van der Waals surface area contributed by atoms with Gasteiger partial charge in [0.25, 0.3) is 0 Å². The Morgan fingerprint density at radius 1 is 1.16 bits per heavy atom. The van der Waals surface area contributed by atoms with Crippen LogP contribution in [0.15, 0.2) is 85.5 Å². The summed E-state index contributed by atoms with van der Waals surface area (Å²) in [5, 5.41) is 12.2. The third-order valence-corrected chi connectivity index (χ3v) is 7.55. The molecule has 5 rings (SSSR count). The molecule has 3 N–H and O–H groups in total. The number of nitrogens with one attached hydrogen (secondary N) is 3. The quantitative estimate of drug-likeness (QED) is 0.162. The molecular weight excluding hydrogens is 488 g/mol. The third-order valence-electron chi connectivity index (χ3n) is 6.52. The van der Waals surface area contributed by atoms with E-state index in [1.165, 1.54) is 4.88 Å². The second kappa shape index (κ2) is 11.0. The Labute approximate surface area is 226 Å². The highest BCUT2D eigenvalue weighted by Crippen LogP contribution is 2.34. The van der Waals surface area contributed by atoms with Crippen LogP contribution in [0.4, 0.5) is 0 Å². The molecule has 5 aromatic rings. The topological polar surface area (TPSA) is 82.3 Å². The molecule has 0 aliphatic heterocycles. The van der Waals surface area contributed by atoms with Crippen molar-refractivity contribution in [2.45, 2.75) is 40.0 Å². The van der Waals surface area contributed by atoms with Gasteiger partial charge in [-0.3, -0.25) is 10.1 Å². The van der Waals surface area contributed by atoms with Crippen LogP contribution < -0.4 is 5.32 Å². The van der Waals surface area contributed by atoms with Gasteiger partial charge < -0.3 is 10.3 Å². The van der Waals surface area contributed by atoms with Crippen molar-refractivity contribution in [2.24, 2.45) is 0 Å². The molecule has 38 heavy (non-hydrogen) atoms. The Morgan fingerprint density at radius 3 is 2.76 bits per heavy atom. The predicted octanol–water partition coefficient (Wildman–Crippen LogP) is 8.30. The van der Waals surface area contributed by atoms with E-state index < -0.39 is 0 Å². The van der Waals surface area contributed by atoms with Crippen molar-refractivity contribution in [1.82, 2.24) is 30.5 Å². The monoisotopic (exact) mass is 520 g/mol. The Hall–Kier alpha value is -4.23. The van der Waals surface area contributed by atoms with Crippen LogP contribution in [0.1, 0.15) is 43.6 Å². The van der Waals surface area contributed by atoms with E-state index >= 15 is 0 Å². The van der Waals surface area contributed by atoms with Gasteiger partial charge in [-0.15, -0.1) is 11.3 Å². The molecule has 7 heteroatoms. The van der Waals surface area contributed by atoms with Crippen molar-refractivity contribution in [3.63, 3.8) is 0 Å². The minimum Gasteiger partial charge on any atom is -0.359 e. The standard InChI is InChI=1S/C31H32N6S/c1-6-9-10-19(4)33-23(8-3)15-21(7-2)22-12-13-26-24(16-22)30(37-36-26)31-34-27-18-32-17-25(29(27)35-31)28-14-11-20(5)38-28/h7-8,11-18,33H,3-4,6,9-10H2,1-2,5H3,(H,34,35)(H,36,37)/b21-7+,23-15+. The minimum absolute atomic E-state index is 0.712. The number of hydrogen-bond donors (Lipinski definition) is 3. The Bertz CT molecular complexity index is 1690. The summed E-state index contributed by atoms with van der Waals surface area (Å²) in [6.45, 7) is 14.5. The Balaban J connectivity index is 1.51. The molecule has 0 aliphatic carbocycles. The second-order valence-corrected chi connectivity index (χ2v) is 10.6. The summed E-state index contributed by atoms with van der Waals surface area (Å²) < 4.78 is 0. The van der Waals surface area contributed by atoms with E-state index in [0.717, 1.165) is 79.9 Å². The smallest absolute Gasteiger partial charge is 0.159 e. The van der Waals surface area contributed by atoms with E-state index in [0.29, 0.717) is 5.82 Å². The fourth-order valence-electron chi connectivity index (χ4n) is 4.48. The summed E-state index contributed by atoms with van der Waals surface area (Å²) in [4.78, 5) is 15.3. The Morgan fingerprint density at radius 2 is 2.03 bits per heavy atom. The largest absolute Gasteiger partial charge is 0.359 e. The molecule has 0 saturated heterocycles. The van der Waals surface area contributed by atoms with Crippen molar-refractivity contribution in [3.05, 3.63) is 95.9 Å². The van der Waals surface area contributed by atoms with Gasteiger partial charge in [-0.1, -0.05) is 38.6 Å².